The SMILES string of the molecule is Cc1cc(C)cc(CC(O)Cc2ccc(Br)cc2F)c1. The standard InChI is InChI=1S/C17H18BrFO/c1-11-5-12(2)7-13(6-11)8-16(20)9-14-3-4-15(18)10-17(14)19/h3-7,10,16,20H,8-9H2,1-2H3. The molecule has 0 bridgehead atoms. The van der Waals surface area contributed by atoms with Gasteiger partial charge < -0.3 is 5.11 Å². The van der Waals surface area contributed by atoms with E-state index in [0.29, 0.717) is 22.9 Å². The van der Waals surface area contributed by atoms with Gasteiger partial charge in [-0.15, -0.1) is 0 Å². The van der Waals surface area contributed by atoms with Gasteiger partial charge in [-0.05, 0) is 43.5 Å². The average Bonchev–Trinajstić information content (AvgIpc) is 2.31. The monoisotopic (exact) mass is 336 g/mol. The molecule has 1 atom stereocenters. The summed E-state index contributed by atoms with van der Waals surface area (Å²) in [6.45, 7) is 4.08. The summed E-state index contributed by atoms with van der Waals surface area (Å²) in [5.41, 5.74) is 4.00. The van der Waals surface area contributed by atoms with Crippen molar-refractivity contribution in [3.8, 4) is 0 Å². The molecule has 2 aromatic carbocycles. The molecule has 20 heavy (non-hydrogen) atoms. The topological polar surface area (TPSA) is 20.2 Å². The maximum atomic E-state index is 13.7. The number of hydrogen-bond donors (Lipinski definition) is 1. The second kappa shape index (κ2) is 6.51. The molecule has 0 aromatic heterocycles. The van der Waals surface area contributed by atoms with Crippen molar-refractivity contribution >= 4 is 15.9 Å². The average molecular weight is 337 g/mol. The van der Waals surface area contributed by atoms with Crippen LogP contribution in [0.3, 0.4) is 0 Å². The van der Waals surface area contributed by atoms with Gasteiger partial charge in [-0.1, -0.05) is 51.3 Å². The van der Waals surface area contributed by atoms with Crippen LogP contribution in [0.25, 0.3) is 0 Å². The largest absolute Gasteiger partial charge is 0.392 e. The van der Waals surface area contributed by atoms with Gasteiger partial charge in [0, 0.05) is 10.9 Å². The Hall–Kier alpha value is -1.19. The van der Waals surface area contributed by atoms with Gasteiger partial charge in [0.2, 0.25) is 0 Å². The highest BCUT2D eigenvalue weighted by Crippen LogP contribution is 2.18. The summed E-state index contributed by atoms with van der Waals surface area (Å²) in [6.07, 6.45) is 0.288. The maximum absolute atomic E-state index is 13.7. The maximum Gasteiger partial charge on any atom is 0.127 e. The second-order valence-corrected chi connectivity index (χ2v) is 6.21. The Kier molecular flexibility index (Phi) is 4.95. The first kappa shape index (κ1) is 15.2. The first-order valence-corrected chi connectivity index (χ1v) is 7.42. The molecule has 0 aliphatic heterocycles. The lowest BCUT2D eigenvalue weighted by Gasteiger charge is -2.13. The van der Waals surface area contributed by atoms with Crippen LogP contribution in [0, 0.1) is 19.7 Å². The third kappa shape index (κ3) is 4.15. The van der Waals surface area contributed by atoms with Crippen LogP contribution in [0.4, 0.5) is 4.39 Å². The molecule has 106 valence electrons. The van der Waals surface area contributed by atoms with Crippen molar-refractivity contribution in [1.82, 2.24) is 0 Å². The van der Waals surface area contributed by atoms with E-state index in [4.69, 9.17) is 0 Å². The molecular formula is C17H18BrFO. The molecule has 0 amide bonds. The molecule has 0 heterocycles. The Balaban J connectivity index is 2.06. The van der Waals surface area contributed by atoms with E-state index >= 15 is 0 Å². The minimum absolute atomic E-state index is 0.279. The smallest absolute Gasteiger partial charge is 0.127 e. The van der Waals surface area contributed by atoms with Crippen molar-refractivity contribution in [2.45, 2.75) is 32.8 Å². The predicted octanol–water partition coefficient (Wildman–Crippen LogP) is 4.35. The summed E-state index contributed by atoms with van der Waals surface area (Å²) in [7, 11) is 0. The second-order valence-electron chi connectivity index (χ2n) is 5.29. The fourth-order valence-electron chi connectivity index (χ4n) is 2.47. The highest BCUT2D eigenvalue weighted by molar-refractivity contribution is 9.10. The molecule has 0 spiro atoms. The van der Waals surface area contributed by atoms with E-state index in [9.17, 15) is 9.50 Å². The van der Waals surface area contributed by atoms with Gasteiger partial charge >= 0.3 is 0 Å². The van der Waals surface area contributed by atoms with Gasteiger partial charge in [0.25, 0.3) is 0 Å². The van der Waals surface area contributed by atoms with Crippen LogP contribution in [0.1, 0.15) is 22.3 Å². The van der Waals surface area contributed by atoms with Crippen LogP contribution in [0.15, 0.2) is 40.9 Å². The summed E-state index contributed by atoms with van der Waals surface area (Å²) < 4.78 is 14.4. The van der Waals surface area contributed by atoms with E-state index < -0.39 is 6.10 Å². The normalized spacial score (nSPS) is 12.4. The van der Waals surface area contributed by atoms with Crippen molar-refractivity contribution in [3.05, 3.63) is 68.9 Å². The van der Waals surface area contributed by atoms with E-state index in [0.717, 1.165) is 5.56 Å². The van der Waals surface area contributed by atoms with Crippen molar-refractivity contribution in [2.75, 3.05) is 0 Å². The molecule has 0 saturated heterocycles. The molecule has 0 saturated carbocycles. The van der Waals surface area contributed by atoms with Crippen LogP contribution < -0.4 is 0 Å². The number of benzene rings is 2. The van der Waals surface area contributed by atoms with Crippen molar-refractivity contribution in [2.24, 2.45) is 0 Å². The lowest BCUT2D eigenvalue weighted by Crippen LogP contribution is -2.15. The molecule has 0 aliphatic carbocycles. The Bertz CT molecular complexity index is 590. The minimum atomic E-state index is -0.577. The Labute approximate surface area is 127 Å². The number of rotatable bonds is 4. The zero-order chi connectivity index (χ0) is 14.7. The summed E-state index contributed by atoms with van der Waals surface area (Å²) in [6, 6.07) is 11.2. The molecule has 0 fully saturated rings. The first-order chi connectivity index (χ1) is 9.44. The number of aryl methyl sites for hydroxylation is 2. The van der Waals surface area contributed by atoms with Crippen LogP contribution in [-0.2, 0) is 12.8 Å². The summed E-state index contributed by atoms with van der Waals surface area (Å²) in [5.74, 6) is -0.279. The molecule has 0 aliphatic rings. The van der Waals surface area contributed by atoms with Gasteiger partial charge in [0.05, 0.1) is 6.10 Å². The molecule has 2 rings (SSSR count). The van der Waals surface area contributed by atoms with Gasteiger partial charge in [0.1, 0.15) is 5.82 Å². The van der Waals surface area contributed by atoms with E-state index in [-0.39, 0.29) is 5.82 Å². The van der Waals surface area contributed by atoms with Crippen LogP contribution in [0.2, 0.25) is 0 Å². The zero-order valence-corrected chi connectivity index (χ0v) is 13.2. The third-order valence-corrected chi connectivity index (χ3v) is 3.72. The van der Waals surface area contributed by atoms with E-state index in [1.54, 1.807) is 12.1 Å². The van der Waals surface area contributed by atoms with Gasteiger partial charge in [-0.25, -0.2) is 4.39 Å². The summed E-state index contributed by atoms with van der Waals surface area (Å²) in [5, 5.41) is 10.2. The van der Waals surface area contributed by atoms with Gasteiger partial charge in [-0.2, -0.15) is 0 Å². The highest BCUT2D eigenvalue weighted by atomic mass is 79.9. The number of halogens is 2. The number of aliphatic hydroxyl groups excluding tert-OH is 1. The fraction of sp³-hybridized carbons (Fsp3) is 0.294. The molecule has 1 nitrogen and oxygen atoms in total. The lowest BCUT2D eigenvalue weighted by atomic mass is 9.98. The Morgan fingerprint density at radius 1 is 1.05 bits per heavy atom. The Morgan fingerprint density at radius 2 is 1.70 bits per heavy atom. The van der Waals surface area contributed by atoms with Crippen molar-refractivity contribution < 1.29 is 9.50 Å². The third-order valence-electron chi connectivity index (χ3n) is 3.22. The van der Waals surface area contributed by atoms with E-state index in [1.807, 2.05) is 13.8 Å². The molecule has 2 aromatic rings. The quantitative estimate of drug-likeness (QED) is 0.879. The summed E-state index contributed by atoms with van der Waals surface area (Å²) in [4.78, 5) is 0. The molecule has 1 unspecified atom stereocenters. The summed E-state index contributed by atoms with van der Waals surface area (Å²) >= 11 is 3.23. The molecular weight excluding hydrogens is 319 g/mol. The van der Waals surface area contributed by atoms with Crippen molar-refractivity contribution in [3.63, 3.8) is 0 Å². The first-order valence-electron chi connectivity index (χ1n) is 6.63. The van der Waals surface area contributed by atoms with Gasteiger partial charge in [-0.3, -0.25) is 0 Å². The molecule has 3 heteroatoms. The fourth-order valence-corrected chi connectivity index (χ4v) is 2.81. The van der Waals surface area contributed by atoms with Crippen LogP contribution in [0.5, 0.6) is 0 Å². The van der Waals surface area contributed by atoms with Crippen LogP contribution in [-0.4, -0.2) is 11.2 Å². The molecule has 1 N–H and O–H groups in total. The van der Waals surface area contributed by atoms with Crippen molar-refractivity contribution in [1.29, 1.82) is 0 Å². The van der Waals surface area contributed by atoms with E-state index in [2.05, 4.69) is 34.1 Å². The number of hydrogen-bond acceptors (Lipinski definition) is 1. The zero-order valence-electron chi connectivity index (χ0n) is 11.7. The number of aliphatic hydroxyl groups is 1. The predicted molar refractivity (Wildman–Crippen MR) is 83.4 cm³/mol. The molecule has 0 radical (unpaired) electrons. The lowest BCUT2D eigenvalue weighted by molar-refractivity contribution is 0.174. The van der Waals surface area contributed by atoms with Gasteiger partial charge in [0.15, 0.2) is 0 Å². The highest BCUT2D eigenvalue weighted by Gasteiger charge is 2.11. The van der Waals surface area contributed by atoms with Crippen LogP contribution >= 0.6 is 15.9 Å². The minimum Gasteiger partial charge on any atom is -0.392 e. The Morgan fingerprint density at radius 3 is 2.30 bits per heavy atom. The van der Waals surface area contributed by atoms with E-state index in [1.165, 1.54) is 17.2 Å².